The number of nitrogens with one attached hydrogen (secondary N) is 2. The van der Waals surface area contributed by atoms with Crippen molar-refractivity contribution in [3.8, 4) is 16.3 Å². The molecule has 31 heavy (non-hydrogen) atoms. The van der Waals surface area contributed by atoms with Crippen LogP contribution in [0.3, 0.4) is 0 Å². The minimum Gasteiger partial charge on any atom is -0.497 e. The highest BCUT2D eigenvalue weighted by Gasteiger charge is 2.14. The number of anilines is 3. The van der Waals surface area contributed by atoms with Crippen molar-refractivity contribution in [1.82, 2.24) is 15.5 Å². The van der Waals surface area contributed by atoms with Crippen LogP contribution in [-0.2, 0) is 9.59 Å². The molecule has 2 aromatic carbocycles. The molecule has 3 N–H and O–H groups in total. The SMILES string of the molecule is COc1ccc(N(C)c2nnc(-c3ccc(NC(=O)C(=O)NCCCO)cc3)s2)cc1. The van der Waals surface area contributed by atoms with Gasteiger partial charge in [0, 0.05) is 37.1 Å². The third kappa shape index (κ3) is 5.77. The molecular formula is C21H23N5O4S. The van der Waals surface area contributed by atoms with Gasteiger partial charge >= 0.3 is 11.8 Å². The number of carbonyl (C=O) groups excluding carboxylic acids is 2. The number of nitrogens with zero attached hydrogens (tertiary/aromatic N) is 3. The van der Waals surface area contributed by atoms with Crippen LogP contribution in [0.2, 0.25) is 0 Å². The van der Waals surface area contributed by atoms with Crippen LogP contribution in [0.15, 0.2) is 48.5 Å². The molecule has 0 unspecified atom stereocenters. The molecule has 0 saturated heterocycles. The van der Waals surface area contributed by atoms with Gasteiger partial charge in [0.1, 0.15) is 10.8 Å². The summed E-state index contributed by atoms with van der Waals surface area (Å²) in [5, 5.41) is 23.7. The first-order valence-corrected chi connectivity index (χ1v) is 10.3. The first-order valence-electron chi connectivity index (χ1n) is 9.53. The Kier molecular flexibility index (Phi) is 7.52. The molecular weight excluding hydrogens is 418 g/mol. The number of hydrogen-bond acceptors (Lipinski definition) is 8. The molecule has 0 aliphatic heterocycles. The van der Waals surface area contributed by atoms with Gasteiger partial charge in [-0.1, -0.05) is 11.3 Å². The van der Waals surface area contributed by atoms with Crippen molar-refractivity contribution in [3.63, 3.8) is 0 Å². The van der Waals surface area contributed by atoms with E-state index in [9.17, 15) is 9.59 Å². The molecule has 2 amide bonds. The smallest absolute Gasteiger partial charge is 0.313 e. The van der Waals surface area contributed by atoms with Crippen LogP contribution in [-0.4, -0.2) is 54.4 Å². The summed E-state index contributed by atoms with van der Waals surface area (Å²) in [7, 11) is 3.54. The van der Waals surface area contributed by atoms with Crippen LogP contribution >= 0.6 is 11.3 Å². The molecule has 3 aromatic rings. The number of carbonyl (C=O) groups is 2. The number of hydrogen-bond donors (Lipinski definition) is 3. The van der Waals surface area contributed by atoms with E-state index >= 15 is 0 Å². The zero-order valence-electron chi connectivity index (χ0n) is 17.2. The van der Waals surface area contributed by atoms with E-state index in [4.69, 9.17) is 9.84 Å². The van der Waals surface area contributed by atoms with Gasteiger partial charge in [0.2, 0.25) is 5.13 Å². The highest BCUT2D eigenvalue weighted by atomic mass is 32.1. The molecule has 10 heteroatoms. The molecule has 1 heterocycles. The summed E-state index contributed by atoms with van der Waals surface area (Å²) in [5.41, 5.74) is 2.29. The predicted octanol–water partition coefficient (Wildman–Crippen LogP) is 2.42. The second-order valence-electron chi connectivity index (χ2n) is 6.51. The number of rotatable bonds is 8. The fourth-order valence-corrected chi connectivity index (χ4v) is 3.46. The monoisotopic (exact) mass is 441 g/mol. The average Bonchev–Trinajstić information content (AvgIpc) is 3.29. The van der Waals surface area contributed by atoms with Gasteiger partial charge in [-0.15, -0.1) is 10.2 Å². The summed E-state index contributed by atoms with van der Waals surface area (Å²) in [4.78, 5) is 25.5. The summed E-state index contributed by atoms with van der Waals surface area (Å²) >= 11 is 1.44. The molecule has 0 radical (unpaired) electrons. The van der Waals surface area contributed by atoms with Crippen molar-refractivity contribution in [1.29, 1.82) is 0 Å². The Hall–Kier alpha value is -3.50. The van der Waals surface area contributed by atoms with Crippen LogP contribution < -0.4 is 20.3 Å². The average molecular weight is 442 g/mol. The number of methoxy groups -OCH3 is 1. The molecule has 162 valence electrons. The maximum absolute atomic E-state index is 11.9. The zero-order valence-corrected chi connectivity index (χ0v) is 18.0. The van der Waals surface area contributed by atoms with Gasteiger partial charge in [-0.05, 0) is 55.0 Å². The Morgan fingerprint density at radius 1 is 1.06 bits per heavy atom. The third-order valence-electron chi connectivity index (χ3n) is 4.38. The van der Waals surface area contributed by atoms with Crippen molar-refractivity contribution in [3.05, 3.63) is 48.5 Å². The molecule has 1 aromatic heterocycles. The van der Waals surface area contributed by atoms with Crippen molar-refractivity contribution in [2.45, 2.75) is 6.42 Å². The number of aliphatic hydroxyl groups excluding tert-OH is 1. The van der Waals surface area contributed by atoms with Crippen LogP contribution in [0.4, 0.5) is 16.5 Å². The third-order valence-corrected chi connectivity index (χ3v) is 5.43. The van der Waals surface area contributed by atoms with Crippen molar-refractivity contribution < 1.29 is 19.4 Å². The topological polar surface area (TPSA) is 117 Å². The number of ether oxygens (including phenoxy) is 1. The highest BCUT2D eigenvalue weighted by Crippen LogP contribution is 2.32. The number of aliphatic hydroxyl groups is 1. The zero-order chi connectivity index (χ0) is 22.2. The van der Waals surface area contributed by atoms with E-state index in [1.165, 1.54) is 11.3 Å². The molecule has 9 nitrogen and oxygen atoms in total. The summed E-state index contributed by atoms with van der Waals surface area (Å²) in [6.07, 6.45) is 0.394. The van der Waals surface area contributed by atoms with Gasteiger partial charge in [0.25, 0.3) is 0 Å². The second kappa shape index (κ2) is 10.5. The van der Waals surface area contributed by atoms with Crippen molar-refractivity contribution in [2.75, 3.05) is 37.5 Å². The fourth-order valence-electron chi connectivity index (χ4n) is 2.63. The van der Waals surface area contributed by atoms with E-state index in [-0.39, 0.29) is 13.2 Å². The van der Waals surface area contributed by atoms with Gasteiger partial charge in [0.15, 0.2) is 0 Å². The molecule has 3 rings (SSSR count). The summed E-state index contributed by atoms with van der Waals surface area (Å²) in [6, 6.07) is 14.6. The Labute approximate surface area is 183 Å². The van der Waals surface area contributed by atoms with Crippen LogP contribution in [0, 0.1) is 0 Å². The second-order valence-corrected chi connectivity index (χ2v) is 7.47. The van der Waals surface area contributed by atoms with E-state index in [0.717, 1.165) is 27.1 Å². The Morgan fingerprint density at radius 3 is 2.42 bits per heavy atom. The summed E-state index contributed by atoms with van der Waals surface area (Å²) in [6.45, 7) is 0.193. The van der Waals surface area contributed by atoms with E-state index in [2.05, 4.69) is 20.8 Å². The van der Waals surface area contributed by atoms with Gasteiger partial charge in [0.05, 0.1) is 7.11 Å². The largest absolute Gasteiger partial charge is 0.497 e. The maximum Gasteiger partial charge on any atom is 0.313 e. The first kappa shape index (κ1) is 22.2. The molecule has 0 fully saturated rings. The van der Waals surface area contributed by atoms with Gasteiger partial charge in [-0.2, -0.15) is 0 Å². The minimum absolute atomic E-state index is 0.0490. The quantitative estimate of drug-likeness (QED) is 0.363. The maximum atomic E-state index is 11.9. The summed E-state index contributed by atoms with van der Waals surface area (Å²) in [5.74, 6) is -0.720. The Balaban J connectivity index is 1.63. The number of amides is 2. The lowest BCUT2D eigenvalue weighted by Crippen LogP contribution is -2.36. The molecule has 0 bridgehead atoms. The standard InChI is InChI=1S/C21H23N5O4S/c1-26(16-8-10-17(30-2)11-9-16)21-25-24-20(31-21)14-4-6-15(7-5-14)23-19(29)18(28)22-12-3-13-27/h4-11,27H,3,12-13H2,1-2H3,(H,22,28)(H,23,29). The lowest BCUT2D eigenvalue weighted by Gasteiger charge is -2.15. The van der Waals surface area contributed by atoms with E-state index in [1.807, 2.05) is 36.2 Å². The van der Waals surface area contributed by atoms with Crippen LogP contribution in [0.5, 0.6) is 5.75 Å². The molecule has 0 aliphatic rings. The molecule has 0 atom stereocenters. The first-order chi connectivity index (χ1) is 15.0. The van der Waals surface area contributed by atoms with Crippen LogP contribution in [0.1, 0.15) is 6.42 Å². The molecule has 0 saturated carbocycles. The van der Waals surface area contributed by atoms with Gasteiger partial charge in [-0.25, -0.2) is 0 Å². The minimum atomic E-state index is -0.759. The lowest BCUT2D eigenvalue weighted by molar-refractivity contribution is -0.136. The normalized spacial score (nSPS) is 10.4. The van der Waals surface area contributed by atoms with E-state index < -0.39 is 11.8 Å². The van der Waals surface area contributed by atoms with Crippen LogP contribution in [0.25, 0.3) is 10.6 Å². The Morgan fingerprint density at radius 2 is 1.77 bits per heavy atom. The number of aromatic nitrogens is 2. The molecule has 0 spiro atoms. The fraction of sp³-hybridized carbons (Fsp3) is 0.238. The Bertz CT molecular complexity index is 1020. The van der Waals surface area contributed by atoms with Crippen molar-refractivity contribution in [2.24, 2.45) is 0 Å². The summed E-state index contributed by atoms with van der Waals surface area (Å²) < 4.78 is 5.18. The molecule has 0 aliphatic carbocycles. The lowest BCUT2D eigenvalue weighted by atomic mass is 10.2. The van der Waals surface area contributed by atoms with Gasteiger partial charge in [-0.3, -0.25) is 9.59 Å². The predicted molar refractivity (Wildman–Crippen MR) is 120 cm³/mol. The van der Waals surface area contributed by atoms with Crippen molar-refractivity contribution >= 4 is 39.7 Å². The van der Waals surface area contributed by atoms with Gasteiger partial charge < -0.3 is 25.4 Å². The van der Waals surface area contributed by atoms with E-state index in [1.54, 1.807) is 31.4 Å². The number of benzene rings is 2. The van der Waals surface area contributed by atoms with E-state index in [0.29, 0.717) is 12.1 Å². The highest BCUT2D eigenvalue weighted by molar-refractivity contribution is 7.18.